The highest BCUT2D eigenvalue weighted by molar-refractivity contribution is 7.94. The summed E-state index contributed by atoms with van der Waals surface area (Å²) in [5.74, 6) is 1.56. The van der Waals surface area contributed by atoms with Crippen molar-refractivity contribution in [2.24, 2.45) is 0 Å². The minimum Gasteiger partial charge on any atom is -0.488 e. The van der Waals surface area contributed by atoms with Crippen molar-refractivity contribution >= 4 is 38.1 Å². The Morgan fingerprint density at radius 3 is 2.51 bits per heavy atom. The molecule has 3 aromatic heterocycles. The van der Waals surface area contributed by atoms with Crippen LogP contribution in [0, 0.1) is 20.8 Å². The normalized spacial score (nSPS) is 11.7. The van der Waals surface area contributed by atoms with Crippen LogP contribution in [0.25, 0.3) is 22.0 Å². The molecule has 3 heterocycles. The fraction of sp³-hybridized carbons (Fsp3) is 0.241. The number of nitrogens with zero attached hydrogens (tertiary/aromatic N) is 3. The molecule has 0 spiro atoms. The Morgan fingerprint density at radius 1 is 1.03 bits per heavy atom. The lowest BCUT2D eigenvalue weighted by Crippen LogP contribution is -2.34. The zero-order valence-electron chi connectivity index (χ0n) is 22.2. The summed E-state index contributed by atoms with van der Waals surface area (Å²) in [4.78, 5) is 4.56. The molecule has 0 N–H and O–H groups in total. The van der Waals surface area contributed by atoms with E-state index in [1.54, 1.807) is 19.2 Å². The summed E-state index contributed by atoms with van der Waals surface area (Å²) in [7, 11) is -3.98. The largest absolute Gasteiger partial charge is 0.488 e. The monoisotopic (exact) mass is 563 g/mol. The molecule has 0 radical (unpaired) electrons. The molecule has 0 aliphatic rings. The van der Waals surface area contributed by atoms with Crippen LogP contribution in [0.5, 0.6) is 5.75 Å². The van der Waals surface area contributed by atoms with Gasteiger partial charge in [0.1, 0.15) is 29.1 Å². The maximum Gasteiger partial charge on any atom is 0.277 e. The Bertz CT molecular complexity index is 1710. The number of aromatic nitrogens is 2. The van der Waals surface area contributed by atoms with Crippen LogP contribution in [-0.2, 0) is 21.4 Å². The van der Waals surface area contributed by atoms with Crippen LogP contribution < -0.4 is 9.04 Å². The summed E-state index contributed by atoms with van der Waals surface area (Å²) in [5, 5.41) is 6.74. The smallest absolute Gasteiger partial charge is 0.277 e. The van der Waals surface area contributed by atoms with Gasteiger partial charge in [0.2, 0.25) is 0 Å². The number of aryl methyl sites for hydroxylation is 2. The van der Waals surface area contributed by atoms with Gasteiger partial charge in [0.05, 0.1) is 5.52 Å². The molecule has 5 rings (SSSR count). The molecule has 0 saturated carbocycles. The first-order valence-corrected chi connectivity index (χ1v) is 14.8. The first-order chi connectivity index (χ1) is 18.8. The molecule has 39 heavy (non-hydrogen) atoms. The molecule has 2 aromatic carbocycles. The van der Waals surface area contributed by atoms with E-state index in [1.165, 1.54) is 4.31 Å². The second-order valence-corrected chi connectivity index (χ2v) is 12.0. The Kier molecular flexibility index (Phi) is 7.69. The third-order valence-electron chi connectivity index (χ3n) is 6.40. The van der Waals surface area contributed by atoms with E-state index in [-0.39, 0.29) is 16.8 Å². The average Bonchev–Trinajstić information content (AvgIpc) is 3.56. The Hall–Kier alpha value is -3.73. The Morgan fingerprint density at radius 2 is 1.79 bits per heavy atom. The van der Waals surface area contributed by atoms with Gasteiger partial charge in [-0.25, -0.2) is 12.7 Å². The predicted octanol–water partition coefficient (Wildman–Crippen LogP) is 6.64. The van der Waals surface area contributed by atoms with Gasteiger partial charge in [-0.3, -0.25) is 4.98 Å². The highest BCUT2D eigenvalue weighted by atomic mass is 32.2. The van der Waals surface area contributed by atoms with E-state index in [0.29, 0.717) is 30.1 Å². The van der Waals surface area contributed by atoms with Gasteiger partial charge in [0, 0.05) is 34.9 Å². The van der Waals surface area contributed by atoms with Gasteiger partial charge >= 0.3 is 0 Å². The third kappa shape index (κ3) is 5.40. The number of ether oxygens (including phenoxy) is 2. The van der Waals surface area contributed by atoms with Gasteiger partial charge < -0.3 is 14.0 Å². The maximum absolute atomic E-state index is 13.9. The third-order valence-corrected chi connectivity index (χ3v) is 9.57. The van der Waals surface area contributed by atoms with Gasteiger partial charge in [-0.2, -0.15) is 0 Å². The highest BCUT2D eigenvalue weighted by Crippen LogP contribution is 2.37. The van der Waals surface area contributed by atoms with E-state index in [9.17, 15) is 8.42 Å². The Balaban J connectivity index is 1.40. The molecule has 202 valence electrons. The van der Waals surface area contributed by atoms with E-state index in [0.717, 1.165) is 44.8 Å². The van der Waals surface area contributed by atoms with Crippen molar-refractivity contribution in [3.63, 3.8) is 0 Å². The number of para-hydroxylation sites is 1. The lowest BCUT2D eigenvalue weighted by Gasteiger charge is -2.22. The van der Waals surface area contributed by atoms with E-state index in [2.05, 4.69) is 10.1 Å². The first-order valence-electron chi connectivity index (χ1n) is 12.5. The maximum atomic E-state index is 13.9. The minimum absolute atomic E-state index is 0.164. The lowest BCUT2D eigenvalue weighted by molar-refractivity contribution is 0.156. The topological polar surface area (TPSA) is 94.8 Å². The molecule has 0 bridgehead atoms. The van der Waals surface area contributed by atoms with E-state index in [4.69, 9.17) is 14.0 Å². The van der Waals surface area contributed by atoms with Crippen molar-refractivity contribution in [2.45, 2.75) is 38.5 Å². The summed E-state index contributed by atoms with van der Waals surface area (Å²) >= 11 is 1.16. The number of sulfonamides is 1. The zero-order valence-corrected chi connectivity index (χ0v) is 23.8. The van der Waals surface area contributed by atoms with Crippen LogP contribution in [-0.4, -0.2) is 31.9 Å². The van der Waals surface area contributed by atoms with Crippen LogP contribution in [0.2, 0.25) is 0 Å². The number of fused-ring (bicyclic) bond motifs is 1. The number of anilines is 1. The molecule has 10 heteroatoms. The summed E-state index contributed by atoms with van der Waals surface area (Å²) in [6, 6.07) is 19.4. The van der Waals surface area contributed by atoms with Crippen molar-refractivity contribution in [2.75, 3.05) is 17.6 Å². The molecular formula is C29H29N3O5S2. The number of hydrogen-bond acceptors (Lipinski definition) is 8. The summed E-state index contributed by atoms with van der Waals surface area (Å²) in [5.41, 5.74) is 4.79. The van der Waals surface area contributed by atoms with Crippen molar-refractivity contribution in [1.82, 2.24) is 10.1 Å². The van der Waals surface area contributed by atoms with Crippen LogP contribution in [0.3, 0.4) is 0 Å². The fourth-order valence-corrected chi connectivity index (χ4v) is 7.04. The average molecular weight is 564 g/mol. The molecule has 0 saturated heterocycles. The standard InChI is InChI=1S/C29H29N3O5S2/c1-5-35-18-32(28-20(3)21(4)37-31-28)39(33,34)29-24(14-15-38-29)23-12-10-22(11-13-23)17-36-27-16-19(2)30-26-9-7-6-8-25(26)27/h6-16H,5,17-18H2,1-4H3. The molecule has 0 fully saturated rings. The molecular weight excluding hydrogens is 534 g/mol. The second-order valence-electron chi connectivity index (χ2n) is 9.05. The molecule has 0 unspecified atom stereocenters. The lowest BCUT2D eigenvalue weighted by atomic mass is 10.1. The number of benzene rings is 2. The Labute approximate surface area is 231 Å². The number of hydrogen-bond donors (Lipinski definition) is 0. The molecule has 0 aliphatic heterocycles. The van der Waals surface area contributed by atoms with Gasteiger partial charge in [-0.05, 0) is 62.4 Å². The van der Waals surface area contributed by atoms with Gasteiger partial charge in [-0.1, -0.05) is 41.6 Å². The fourth-order valence-electron chi connectivity index (χ4n) is 4.20. The van der Waals surface area contributed by atoms with Crippen molar-refractivity contribution < 1.29 is 22.4 Å². The van der Waals surface area contributed by atoms with Crippen LogP contribution in [0.15, 0.2) is 74.8 Å². The summed E-state index contributed by atoms with van der Waals surface area (Å²) in [6.07, 6.45) is 0. The van der Waals surface area contributed by atoms with Gasteiger partial charge in [-0.15, -0.1) is 11.3 Å². The number of thiophene rings is 1. The van der Waals surface area contributed by atoms with Crippen molar-refractivity contribution in [3.8, 4) is 16.9 Å². The molecule has 8 nitrogen and oxygen atoms in total. The van der Waals surface area contributed by atoms with Crippen LogP contribution in [0.4, 0.5) is 5.82 Å². The van der Waals surface area contributed by atoms with Crippen LogP contribution >= 0.6 is 11.3 Å². The predicted molar refractivity (Wildman–Crippen MR) is 153 cm³/mol. The van der Waals surface area contributed by atoms with E-state index < -0.39 is 10.0 Å². The summed E-state index contributed by atoms with van der Waals surface area (Å²) < 4.78 is 46.0. The quantitative estimate of drug-likeness (QED) is 0.176. The van der Waals surface area contributed by atoms with Gasteiger partial charge in [0.15, 0.2) is 5.82 Å². The van der Waals surface area contributed by atoms with Crippen molar-refractivity contribution in [3.05, 3.63) is 88.6 Å². The minimum atomic E-state index is -3.98. The van der Waals surface area contributed by atoms with Crippen LogP contribution in [0.1, 0.15) is 29.5 Å². The summed E-state index contributed by atoms with van der Waals surface area (Å²) in [6.45, 7) is 7.85. The zero-order chi connectivity index (χ0) is 27.6. The SMILES string of the molecule is CCOCN(c1noc(C)c1C)S(=O)(=O)c1sccc1-c1ccc(COc2cc(C)nc3ccccc23)cc1. The first kappa shape index (κ1) is 26.9. The molecule has 0 amide bonds. The second kappa shape index (κ2) is 11.2. The van der Waals surface area contributed by atoms with Crippen molar-refractivity contribution in [1.29, 1.82) is 0 Å². The number of pyridine rings is 1. The molecule has 5 aromatic rings. The highest BCUT2D eigenvalue weighted by Gasteiger charge is 2.33. The number of rotatable bonds is 10. The molecule has 0 atom stereocenters. The van der Waals surface area contributed by atoms with E-state index in [1.807, 2.05) is 74.5 Å². The van der Waals surface area contributed by atoms with E-state index >= 15 is 0 Å². The molecule has 0 aliphatic carbocycles. The van der Waals surface area contributed by atoms with Gasteiger partial charge in [0.25, 0.3) is 10.0 Å².